The van der Waals surface area contributed by atoms with Crippen LogP contribution in [0.5, 0.6) is 0 Å². The van der Waals surface area contributed by atoms with Crippen LogP contribution < -0.4 is 0 Å². The fourth-order valence-electron chi connectivity index (χ4n) is 6.52. The van der Waals surface area contributed by atoms with Crippen LogP contribution >= 0.6 is 7.82 Å². The topological polar surface area (TPSA) is 149 Å². The molecule has 3 N–H and O–H groups in total. The predicted molar refractivity (Wildman–Crippen MR) is 233 cm³/mol. The molecule has 11 heteroatoms. The van der Waals surface area contributed by atoms with E-state index in [2.05, 4.69) is 38.2 Å². The van der Waals surface area contributed by atoms with Gasteiger partial charge in [0.05, 0.1) is 26.4 Å². The van der Waals surface area contributed by atoms with Crippen molar-refractivity contribution in [3.05, 3.63) is 24.3 Å². The Balaban J connectivity index is 3.88. The third-order valence-electron chi connectivity index (χ3n) is 10.1. The monoisotopic (exact) mass is 831 g/mol. The number of carbonyl (C=O) groups is 2. The Morgan fingerprint density at radius 2 is 0.719 bits per heavy atom. The second-order valence-corrected chi connectivity index (χ2v) is 17.2. The summed E-state index contributed by atoms with van der Waals surface area (Å²) in [6, 6.07) is 0. The zero-order valence-corrected chi connectivity index (χ0v) is 37.5. The number of phosphoric ester groups is 1. The van der Waals surface area contributed by atoms with Gasteiger partial charge in [-0.05, 0) is 64.2 Å². The molecule has 0 aromatic heterocycles. The first-order valence-electron chi connectivity index (χ1n) is 23.3. The molecule has 0 aliphatic carbocycles. The Labute approximate surface area is 348 Å². The van der Waals surface area contributed by atoms with Crippen LogP contribution in [0.25, 0.3) is 0 Å². The molecular weight excluding hydrogens is 743 g/mol. The number of aliphatic hydroxyl groups excluding tert-OH is 2. The molecule has 0 bridgehead atoms. The van der Waals surface area contributed by atoms with Gasteiger partial charge in [0.1, 0.15) is 12.2 Å². The quantitative estimate of drug-likeness (QED) is 0.0234. The highest BCUT2D eigenvalue weighted by Crippen LogP contribution is 2.43. The second kappa shape index (κ2) is 42.6. The minimum Gasteiger partial charge on any atom is -0.457 e. The number of esters is 2. The molecule has 0 aromatic carbocycles. The van der Waals surface area contributed by atoms with Gasteiger partial charge in [-0.25, -0.2) is 4.57 Å². The molecule has 0 fully saturated rings. The molecule has 0 aliphatic rings. The SMILES string of the molecule is CCCCCCCC/C=C\CCCCCCCCCCCC(=O)OC(CO)COP(=O)(O)OCC(CO)OC(=O)CCCCCCC/C=C\CCCCCCCC. The van der Waals surface area contributed by atoms with Gasteiger partial charge >= 0.3 is 19.8 Å². The van der Waals surface area contributed by atoms with Crippen LogP contribution in [0.2, 0.25) is 0 Å². The number of aliphatic hydroxyl groups is 2. The Hall–Kier alpha value is -1.55. The molecule has 0 saturated heterocycles. The van der Waals surface area contributed by atoms with Crippen molar-refractivity contribution in [1.82, 2.24) is 0 Å². The van der Waals surface area contributed by atoms with Gasteiger partial charge < -0.3 is 24.6 Å². The van der Waals surface area contributed by atoms with Crippen molar-refractivity contribution in [3.8, 4) is 0 Å². The summed E-state index contributed by atoms with van der Waals surface area (Å²) in [7, 11) is -4.64. The molecule has 0 aliphatic heterocycles. The van der Waals surface area contributed by atoms with Crippen molar-refractivity contribution in [1.29, 1.82) is 0 Å². The first kappa shape index (κ1) is 55.5. The largest absolute Gasteiger partial charge is 0.472 e. The lowest BCUT2D eigenvalue weighted by Crippen LogP contribution is -2.28. The molecule has 10 nitrogen and oxygen atoms in total. The highest BCUT2D eigenvalue weighted by Gasteiger charge is 2.27. The first-order valence-corrected chi connectivity index (χ1v) is 24.8. The number of hydrogen-bond acceptors (Lipinski definition) is 9. The van der Waals surface area contributed by atoms with Crippen molar-refractivity contribution in [3.63, 3.8) is 0 Å². The van der Waals surface area contributed by atoms with Crippen molar-refractivity contribution in [2.24, 2.45) is 0 Å². The maximum atomic E-state index is 12.4. The lowest BCUT2D eigenvalue weighted by Gasteiger charge is -2.20. The van der Waals surface area contributed by atoms with Crippen molar-refractivity contribution in [2.45, 2.75) is 232 Å². The number of ether oxygens (including phenoxy) is 2. The first-order chi connectivity index (χ1) is 27.8. The van der Waals surface area contributed by atoms with E-state index in [1.807, 2.05) is 0 Å². The lowest BCUT2D eigenvalue weighted by atomic mass is 10.1. The molecule has 0 amide bonds. The molecule has 57 heavy (non-hydrogen) atoms. The van der Waals surface area contributed by atoms with E-state index in [0.717, 1.165) is 57.8 Å². The molecular formula is C46H87O10P. The van der Waals surface area contributed by atoms with Crippen LogP contribution in [0.1, 0.15) is 219 Å². The highest BCUT2D eigenvalue weighted by molar-refractivity contribution is 7.47. The lowest BCUT2D eigenvalue weighted by molar-refractivity contribution is -0.153. The normalized spacial score (nSPS) is 14.0. The number of hydrogen-bond donors (Lipinski definition) is 3. The Morgan fingerprint density at radius 3 is 1.00 bits per heavy atom. The average molecular weight is 831 g/mol. The van der Waals surface area contributed by atoms with Gasteiger partial charge in [-0.2, -0.15) is 0 Å². The van der Waals surface area contributed by atoms with Crippen LogP contribution in [0.15, 0.2) is 24.3 Å². The van der Waals surface area contributed by atoms with Gasteiger partial charge in [0.25, 0.3) is 0 Å². The fourth-order valence-corrected chi connectivity index (χ4v) is 7.30. The van der Waals surface area contributed by atoms with E-state index < -0.39 is 58.4 Å². The van der Waals surface area contributed by atoms with E-state index >= 15 is 0 Å². The number of phosphoric acid groups is 1. The van der Waals surface area contributed by atoms with Gasteiger partial charge in [0.15, 0.2) is 0 Å². The van der Waals surface area contributed by atoms with Gasteiger partial charge in [0.2, 0.25) is 0 Å². The summed E-state index contributed by atoms with van der Waals surface area (Å²) >= 11 is 0. The Kier molecular flexibility index (Phi) is 41.4. The van der Waals surface area contributed by atoms with Crippen molar-refractivity contribution in [2.75, 3.05) is 26.4 Å². The van der Waals surface area contributed by atoms with E-state index in [0.29, 0.717) is 12.8 Å². The molecule has 0 heterocycles. The Morgan fingerprint density at radius 1 is 0.456 bits per heavy atom. The van der Waals surface area contributed by atoms with Crippen LogP contribution in [-0.2, 0) is 32.7 Å². The molecule has 0 rings (SSSR count). The summed E-state index contributed by atoms with van der Waals surface area (Å²) in [6.07, 6.45) is 42.9. The minimum atomic E-state index is -4.64. The van der Waals surface area contributed by atoms with E-state index in [1.165, 1.54) is 122 Å². The highest BCUT2D eigenvalue weighted by atomic mass is 31.2. The number of carbonyl (C=O) groups excluding carboxylic acids is 2. The fraction of sp³-hybridized carbons (Fsp3) is 0.870. The Bertz CT molecular complexity index is 1000. The average Bonchev–Trinajstić information content (AvgIpc) is 3.20. The van der Waals surface area contributed by atoms with Crippen LogP contribution in [0.4, 0.5) is 0 Å². The van der Waals surface area contributed by atoms with Gasteiger partial charge in [-0.3, -0.25) is 18.6 Å². The summed E-state index contributed by atoms with van der Waals surface area (Å²) in [6.45, 7) is 2.21. The minimum absolute atomic E-state index is 0.184. The standard InChI is InChI=1S/C46H87O10P/c1-3-5-7-9-11-13-15-17-19-20-21-22-24-26-28-30-32-34-36-38-46(50)56-44(40-48)42-54-57(51,52)53-41-43(39-47)55-45(49)37-35-33-31-29-27-25-23-18-16-14-12-10-8-6-4-2/h17-19,23,43-44,47-48H,3-16,20-22,24-42H2,1-2H3,(H,51,52)/b19-17-,23-18-. The molecule has 0 aromatic rings. The third kappa shape index (κ3) is 41.0. The van der Waals surface area contributed by atoms with Crippen LogP contribution in [0.3, 0.4) is 0 Å². The molecule has 0 saturated carbocycles. The number of unbranched alkanes of at least 4 members (excludes halogenated alkanes) is 26. The third-order valence-corrected chi connectivity index (χ3v) is 11.1. The van der Waals surface area contributed by atoms with E-state index in [4.69, 9.17) is 18.5 Å². The summed E-state index contributed by atoms with van der Waals surface area (Å²) in [5.74, 6) is -1.02. The van der Waals surface area contributed by atoms with E-state index in [1.54, 1.807) is 0 Å². The molecule has 3 unspecified atom stereocenters. The molecule has 336 valence electrons. The molecule has 0 spiro atoms. The number of allylic oxidation sites excluding steroid dienone is 4. The predicted octanol–water partition coefficient (Wildman–Crippen LogP) is 12.6. The summed E-state index contributed by atoms with van der Waals surface area (Å²) < 4.78 is 32.6. The van der Waals surface area contributed by atoms with Gasteiger partial charge in [-0.1, -0.05) is 167 Å². The second-order valence-electron chi connectivity index (χ2n) is 15.7. The van der Waals surface area contributed by atoms with Crippen molar-refractivity contribution < 1.29 is 47.8 Å². The maximum Gasteiger partial charge on any atom is 0.472 e. The van der Waals surface area contributed by atoms with Crippen LogP contribution in [-0.4, -0.2) is 65.7 Å². The van der Waals surface area contributed by atoms with Crippen molar-refractivity contribution >= 4 is 19.8 Å². The van der Waals surface area contributed by atoms with Crippen LogP contribution in [0, 0.1) is 0 Å². The molecule has 3 atom stereocenters. The van der Waals surface area contributed by atoms with Gasteiger partial charge in [0, 0.05) is 12.8 Å². The zero-order valence-electron chi connectivity index (χ0n) is 36.6. The summed E-state index contributed by atoms with van der Waals surface area (Å²) in [5.41, 5.74) is 0. The smallest absolute Gasteiger partial charge is 0.457 e. The van der Waals surface area contributed by atoms with Gasteiger partial charge in [-0.15, -0.1) is 0 Å². The molecule has 0 radical (unpaired) electrons. The maximum absolute atomic E-state index is 12.4. The van der Waals surface area contributed by atoms with E-state index in [9.17, 15) is 29.3 Å². The zero-order chi connectivity index (χ0) is 41.9. The summed E-state index contributed by atoms with van der Waals surface area (Å²) in [5, 5.41) is 19.2. The number of rotatable bonds is 44. The van der Waals surface area contributed by atoms with E-state index in [-0.39, 0.29) is 12.8 Å². The summed E-state index contributed by atoms with van der Waals surface area (Å²) in [4.78, 5) is 34.6.